The third-order valence-corrected chi connectivity index (χ3v) is 4.62. The van der Waals surface area contributed by atoms with Crippen LogP contribution in [0.2, 0.25) is 0 Å². The highest BCUT2D eigenvalue weighted by Gasteiger charge is 2.43. The normalized spacial score (nSPS) is 19.1. The molecular weight excluding hydrogens is 302 g/mol. The summed E-state index contributed by atoms with van der Waals surface area (Å²) in [5.74, 6) is 1.38. The first-order valence-electron chi connectivity index (χ1n) is 8.23. The molecule has 0 spiro atoms. The molecule has 1 aromatic carbocycles. The average molecular weight is 325 g/mol. The van der Waals surface area contributed by atoms with Crippen LogP contribution in [0.15, 0.2) is 18.2 Å². The summed E-state index contributed by atoms with van der Waals surface area (Å²) in [5, 5.41) is 0. The number of rotatable bonds is 2. The van der Waals surface area contributed by atoms with Crippen molar-refractivity contribution in [1.29, 1.82) is 0 Å². The van der Waals surface area contributed by atoms with Crippen LogP contribution in [0.25, 0.3) is 10.4 Å². The first-order chi connectivity index (χ1) is 11.1. The fourth-order valence-corrected chi connectivity index (χ4v) is 3.31. The Morgan fingerprint density at radius 1 is 1.21 bits per heavy atom. The van der Waals surface area contributed by atoms with E-state index < -0.39 is 11.5 Å². The van der Waals surface area contributed by atoms with Crippen LogP contribution in [0.5, 0.6) is 11.5 Å². The lowest BCUT2D eigenvalue weighted by atomic mass is 9.83. The summed E-state index contributed by atoms with van der Waals surface area (Å²) in [6, 6.07) is 3.14. The molecule has 1 unspecified atom stereocenters. The van der Waals surface area contributed by atoms with Crippen molar-refractivity contribution in [3.8, 4) is 11.5 Å². The molecule has 0 saturated carbocycles. The zero-order valence-corrected chi connectivity index (χ0v) is 14.9. The second-order valence-corrected chi connectivity index (χ2v) is 8.01. The number of Topliss-reactive ketones (excluding diaryl/α,β-unsaturated/α-hetero) is 1. The largest absolute Gasteiger partial charge is 0.486 e. The van der Waals surface area contributed by atoms with Gasteiger partial charge < -0.3 is 9.47 Å². The van der Waals surface area contributed by atoms with E-state index in [4.69, 9.17) is 16.0 Å². The van der Waals surface area contributed by atoms with Gasteiger partial charge in [-0.3, -0.25) is 9.64 Å². The fourth-order valence-electron chi connectivity index (χ4n) is 3.31. The van der Waals surface area contributed by atoms with Crippen molar-refractivity contribution in [2.24, 2.45) is 5.41 Å². The second kappa shape index (κ2) is 5.37. The minimum atomic E-state index is -0.784. The van der Waals surface area contributed by atoms with Gasteiger partial charge in [-0.15, -0.1) is 0 Å². The maximum absolute atomic E-state index is 12.8. The van der Waals surface area contributed by atoms with Crippen LogP contribution in [0.1, 0.15) is 45.7 Å². The summed E-state index contributed by atoms with van der Waals surface area (Å²) >= 11 is 0. The Balaban J connectivity index is 2.12. The monoisotopic (exact) mass is 325 g/mol. The van der Waals surface area contributed by atoms with Crippen LogP contribution in [0.3, 0.4) is 0 Å². The fraction of sp³-hybridized carbons (Fsp3) is 0.500. The summed E-state index contributed by atoms with van der Waals surface area (Å²) in [5.41, 5.74) is 2.00. The minimum absolute atomic E-state index is 0.0534. The van der Waals surface area contributed by atoms with Gasteiger partial charge in [0, 0.05) is 16.4 Å². The van der Waals surface area contributed by atoms with Crippen molar-refractivity contribution in [2.75, 3.05) is 13.2 Å². The quantitative estimate of drug-likeness (QED) is 0.771. The Labute approximate surface area is 143 Å². The molecule has 0 saturated heterocycles. The van der Waals surface area contributed by atoms with Gasteiger partial charge in [0.25, 0.3) is 0 Å². The zero-order valence-electron chi connectivity index (χ0n) is 14.9. The molecule has 1 aromatic rings. The molecule has 1 heterocycles. The number of hydrogen-bond donors (Lipinski definition) is 0. The van der Waals surface area contributed by atoms with Crippen molar-refractivity contribution in [2.45, 2.75) is 46.1 Å². The molecule has 2 aliphatic rings. The van der Waals surface area contributed by atoms with Gasteiger partial charge in [0.2, 0.25) is 5.78 Å². The van der Waals surface area contributed by atoms with Crippen LogP contribution < -0.4 is 9.47 Å². The Morgan fingerprint density at radius 2 is 1.79 bits per heavy atom. The Morgan fingerprint density at radius 3 is 2.33 bits per heavy atom. The predicted molar refractivity (Wildman–Crippen MR) is 93.3 cm³/mol. The molecule has 0 bridgehead atoms. The predicted octanol–water partition coefficient (Wildman–Crippen LogP) is 4.04. The number of carbonyl (C=O) groups excluding carboxylic acids is 1. The number of ketones is 1. The highest BCUT2D eigenvalue weighted by Crippen LogP contribution is 2.48. The first-order valence-corrected chi connectivity index (χ1v) is 8.23. The number of carbonyl (C=O) groups is 1. The molecule has 0 amide bonds. The van der Waals surface area contributed by atoms with Gasteiger partial charge in [0.05, 0.1) is 0 Å². The maximum Gasteiger partial charge on any atom is 0.306 e. The number of hydrogen-bond acceptors (Lipinski definition) is 3. The van der Waals surface area contributed by atoms with Gasteiger partial charge in [-0.1, -0.05) is 40.7 Å². The molecule has 24 heavy (non-hydrogen) atoms. The van der Waals surface area contributed by atoms with E-state index in [1.54, 1.807) is 0 Å². The zero-order chi connectivity index (χ0) is 17.7. The smallest absolute Gasteiger partial charge is 0.306 e. The number of nitrogens with zero attached hydrogens (tertiary/aromatic N) is 1. The van der Waals surface area contributed by atoms with E-state index in [0.29, 0.717) is 19.0 Å². The molecule has 1 aliphatic carbocycles. The van der Waals surface area contributed by atoms with Crippen molar-refractivity contribution in [1.82, 2.24) is 0 Å². The standard InChI is InChI=1S/C20H23NO3/c1-19(2,3)18(22)17(21-6)13-11-20(4,5)14-10-16-15(9-12(13)14)23-7-8-24-16/h9-11,17H,7-8H2,1-5H3. The van der Waals surface area contributed by atoms with Crippen LogP contribution in [0.4, 0.5) is 0 Å². The van der Waals surface area contributed by atoms with Crippen molar-refractivity contribution in [3.63, 3.8) is 0 Å². The molecule has 0 fully saturated rings. The van der Waals surface area contributed by atoms with E-state index in [0.717, 1.165) is 22.4 Å². The Bertz CT molecular complexity index is 775. The molecule has 126 valence electrons. The number of ether oxygens (including phenoxy) is 2. The van der Waals surface area contributed by atoms with Gasteiger partial charge in [-0.05, 0) is 23.3 Å². The van der Waals surface area contributed by atoms with E-state index in [-0.39, 0.29) is 11.2 Å². The van der Waals surface area contributed by atoms with E-state index in [2.05, 4.69) is 24.8 Å². The van der Waals surface area contributed by atoms with Gasteiger partial charge in [0.15, 0.2) is 11.5 Å². The molecule has 0 radical (unpaired) electrons. The van der Waals surface area contributed by atoms with Crippen LogP contribution in [0, 0.1) is 12.0 Å². The summed E-state index contributed by atoms with van der Waals surface area (Å²) in [7, 11) is 0. The van der Waals surface area contributed by atoms with Crippen LogP contribution >= 0.6 is 0 Å². The Kier molecular flexibility index (Phi) is 3.71. The van der Waals surface area contributed by atoms with Crippen LogP contribution in [-0.4, -0.2) is 25.0 Å². The molecule has 0 N–H and O–H groups in total. The van der Waals surface area contributed by atoms with Gasteiger partial charge in [-0.2, -0.15) is 0 Å². The number of allylic oxidation sites excluding steroid dienone is 1. The van der Waals surface area contributed by atoms with Crippen molar-refractivity contribution in [3.05, 3.63) is 40.8 Å². The topological polar surface area (TPSA) is 39.9 Å². The Hall–Kier alpha value is -2.28. The van der Waals surface area contributed by atoms with E-state index in [1.807, 2.05) is 32.9 Å². The lowest BCUT2D eigenvalue weighted by Gasteiger charge is -2.23. The second-order valence-electron chi connectivity index (χ2n) is 8.01. The van der Waals surface area contributed by atoms with E-state index in [1.165, 1.54) is 0 Å². The van der Waals surface area contributed by atoms with Crippen molar-refractivity contribution < 1.29 is 14.3 Å². The average Bonchev–Trinajstić information content (AvgIpc) is 2.76. The summed E-state index contributed by atoms with van der Waals surface area (Å²) in [4.78, 5) is 16.5. The molecule has 4 nitrogen and oxygen atoms in total. The van der Waals surface area contributed by atoms with Gasteiger partial charge in [0.1, 0.15) is 13.2 Å². The minimum Gasteiger partial charge on any atom is -0.486 e. The van der Waals surface area contributed by atoms with Gasteiger partial charge in [-0.25, -0.2) is 6.57 Å². The highest BCUT2D eigenvalue weighted by molar-refractivity contribution is 6.03. The number of benzene rings is 1. The molecule has 1 aliphatic heterocycles. The lowest BCUT2D eigenvalue weighted by molar-refractivity contribution is -0.125. The highest BCUT2D eigenvalue weighted by atomic mass is 16.6. The van der Waals surface area contributed by atoms with E-state index in [9.17, 15) is 4.79 Å². The summed E-state index contributed by atoms with van der Waals surface area (Å²) < 4.78 is 11.4. The summed E-state index contributed by atoms with van der Waals surface area (Å²) in [6.45, 7) is 18.4. The molecule has 1 atom stereocenters. The van der Waals surface area contributed by atoms with E-state index >= 15 is 0 Å². The molecular formula is C20H23NO3. The van der Waals surface area contributed by atoms with Crippen molar-refractivity contribution >= 4 is 11.4 Å². The summed E-state index contributed by atoms with van der Waals surface area (Å²) in [6.07, 6.45) is 2.05. The SMILES string of the molecule is [C-]#[N+]C(C(=O)C(C)(C)C)C1=CC(C)(C)c2cc3c(cc21)OCCO3. The van der Waals surface area contributed by atoms with Gasteiger partial charge >= 0.3 is 6.04 Å². The maximum atomic E-state index is 12.8. The first kappa shape index (κ1) is 16.6. The molecule has 3 rings (SSSR count). The van der Waals surface area contributed by atoms with Crippen LogP contribution in [-0.2, 0) is 10.2 Å². The molecule has 0 aromatic heterocycles. The molecule has 4 heteroatoms. The third kappa shape index (κ3) is 2.58. The number of fused-ring (bicyclic) bond motifs is 2. The lowest BCUT2D eigenvalue weighted by Crippen LogP contribution is -2.31. The third-order valence-electron chi connectivity index (χ3n) is 4.62.